The van der Waals surface area contributed by atoms with Crippen LogP contribution in [0.4, 0.5) is 0 Å². The molecule has 2 nitrogen and oxygen atoms in total. The first-order chi connectivity index (χ1) is 8.84. The molecule has 1 aromatic rings. The van der Waals surface area contributed by atoms with Crippen molar-refractivity contribution in [3.8, 4) is 0 Å². The Morgan fingerprint density at radius 3 is 2.67 bits per heavy atom. The van der Waals surface area contributed by atoms with Crippen molar-refractivity contribution >= 4 is 0 Å². The Balaban J connectivity index is 1.87. The van der Waals surface area contributed by atoms with Gasteiger partial charge in [-0.3, -0.25) is 4.90 Å². The molecule has 2 aliphatic heterocycles. The number of likely N-dealkylation sites (tertiary alicyclic amines) is 1. The van der Waals surface area contributed by atoms with Gasteiger partial charge in [-0.25, -0.2) is 0 Å². The molecule has 0 saturated carbocycles. The summed E-state index contributed by atoms with van der Waals surface area (Å²) in [5.41, 5.74) is 4.48. The number of benzene rings is 1. The van der Waals surface area contributed by atoms with E-state index in [1.165, 1.54) is 49.9 Å². The second-order valence-electron chi connectivity index (χ2n) is 5.80. The minimum atomic E-state index is 0.603. The maximum atomic E-state index is 3.59. The molecular weight excluding hydrogens is 220 g/mol. The van der Waals surface area contributed by atoms with Gasteiger partial charge >= 0.3 is 0 Å². The quantitative estimate of drug-likeness (QED) is 0.817. The number of fused-ring (bicyclic) bond motifs is 1. The van der Waals surface area contributed by atoms with E-state index in [1.54, 1.807) is 5.56 Å². The highest BCUT2D eigenvalue weighted by molar-refractivity contribution is 5.36. The number of rotatable bonds is 1. The van der Waals surface area contributed by atoms with Crippen LogP contribution in [0.5, 0.6) is 0 Å². The van der Waals surface area contributed by atoms with Gasteiger partial charge in [-0.15, -0.1) is 0 Å². The minimum Gasteiger partial charge on any atom is -0.311 e. The van der Waals surface area contributed by atoms with Crippen molar-refractivity contribution in [1.82, 2.24) is 10.2 Å². The normalized spacial score (nSPS) is 25.5. The highest BCUT2D eigenvalue weighted by Crippen LogP contribution is 2.29. The van der Waals surface area contributed by atoms with Crippen LogP contribution in [0, 0.1) is 6.92 Å². The molecule has 1 aromatic carbocycles. The molecule has 0 aliphatic carbocycles. The van der Waals surface area contributed by atoms with Gasteiger partial charge in [0.15, 0.2) is 0 Å². The van der Waals surface area contributed by atoms with Crippen LogP contribution >= 0.6 is 0 Å². The van der Waals surface area contributed by atoms with Crippen LogP contribution in [0.3, 0.4) is 0 Å². The van der Waals surface area contributed by atoms with E-state index in [9.17, 15) is 0 Å². The molecule has 2 heteroatoms. The largest absolute Gasteiger partial charge is 0.311 e. The smallest absolute Gasteiger partial charge is 0.0476 e. The van der Waals surface area contributed by atoms with E-state index in [0.29, 0.717) is 6.04 Å². The first kappa shape index (κ1) is 12.2. The first-order valence-corrected chi connectivity index (χ1v) is 7.39. The maximum Gasteiger partial charge on any atom is 0.0476 e. The summed E-state index contributed by atoms with van der Waals surface area (Å²) < 4.78 is 0. The molecule has 0 amide bonds. The van der Waals surface area contributed by atoms with E-state index >= 15 is 0 Å². The van der Waals surface area contributed by atoms with Gasteiger partial charge in [0.25, 0.3) is 0 Å². The van der Waals surface area contributed by atoms with Gasteiger partial charge in [-0.2, -0.15) is 0 Å². The fourth-order valence-electron chi connectivity index (χ4n) is 3.37. The van der Waals surface area contributed by atoms with Gasteiger partial charge in [0, 0.05) is 19.1 Å². The minimum absolute atomic E-state index is 0.603. The lowest BCUT2D eigenvalue weighted by molar-refractivity contribution is 0.192. The van der Waals surface area contributed by atoms with Gasteiger partial charge in [0.05, 0.1) is 0 Å². The third kappa shape index (κ3) is 2.45. The predicted octanol–water partition coefficient (Wildman–Crippen LogP) is 3.02. The molecule has 3 rings (SSSR count). The zero-order valence-electron chi connectivity index (χ0n) is 11.4. The van der Waals surface area contributed by atoms with E-state index in [2.05, 4.69) is 35.3 Å². The maximum absolute atomic E-state index is 3.59. The molecule has 18 heavy (non-hydrogen) atoms. The Labute approximate surface area is 110 Å². The monoisotopic (exact) mass is 244 g/mol. The van der Waals surface area contributed by atoms with Gasteiger partial charge in [-0.1, -0.05) is 36.6 Å². The number of aryl methyl sites for hydroxylation is 1. The molecule has 2 aliphatic rings. The third-order valence-electron chi connectivity index (χ3n) is 4.39. The number of hydrogen-bond acceptors (Lipinski definition) is 2. The van der Waals surface area contributed by atoms with Gasteiger partial charge in [-0.05, 0) is 44.0 Å². The molecule has 0 bridgehead atoms. The number of nitrogens with one attached hydrogen (secondary N) is 1. The third-order valence-corrected chi connectivity index (χ3v) is 4.39. The molecular formula is C16H24N2. The molecule has 1 saturated heterocycles. The predicted molar refractivity (Wildman–Crippen MR) is 75.7 cm³/mol. The summed E-state index contributed by atoms with van der Waals surface area (Å²) in [5, 5.41) is 3.59. The molecule has 1 N–H and O–H groups in total. The van der Waals surface area contributed by atoms with Crippen molar-refractivity contribution in [3.05, 3.63) is 34.9 Å². The second kappa shape index (κ2) is 5.41. The fourth-order valence-corrected chi connectivity index (χ4v) is 3.37. The summed E-state index contributed by atoms with van der Waals surface area (Å²) in [6.45, 7) is 6.93. The summed E-state index contributed by atoms with van der Waals surface area (Å²) in [4.78, 5) is 2.71. The Morgan fingerprint density at radius 2 is 1.89 bits per heavy atom. The van der Waals surface area contributed by atoms with Crippen LogP contribution in [0.25, 0.3) is 0 Å². The Hall–Kier alpha value is -0.860. The van der Waals surface area contributed by atoms with E-state index in [4.69, 9.17) is 0 Å². The molecule has 0 spiro atoms. The van der Waals surface area contributed by atoms with Gasteiger partial charge in [0.2, 0.25) is 0 Å². The highest BCUT2D eigenvalue weighted by atomic mass is 15.2. The second-order valence-corrected chi connectivity index (χ2v) is 5.80. The zero-order chi connectivity index (χ0) is 12.4. The Morgan fingerprint density at radius 1 is 1.11 bits per heavy atom. The van der Waals surface area contributed by atoms with E-state index in [0.717, 1.165) is 13.1 Å². The summed E-state index contributed by atoms with van der Waals surface area (Å²) in [6.07, 6.45) is 5.57. The Kier molecular flexibility index (Phi) is 3.67. The number of hydrogen-bond donors (Lipinski definition) is 1. The lowest BCUT2D eigenvalue weighted by Gasteiger charge is -2.35. The van der Waals surface area contributed by atoms with Crippen molar-refractivity contribution in [2.45, 2.75) is 45.2 Å². The summed E-state index contributed by atoms with van der Waals surface area (Å²) in [6, 6.07) is 7.56. The van der Waals surface area contributed by atoms with Crippen LogP contribution in [-0.2, 0) is 6.54 Å². The SMILES string of the molecule is Cc1ccc2c(c1)[C@H](N1CCCCCC1)CNC2. The topological polar surface area (TPSA) is 15.3 Å². The fraction of sp³-hybridized carbons (Fsp3) is 0.625. The van der Waals surface area contributed by atoms with Crippen LogP contribution in [-0.4, -0.2) is 24.5 Å². The highest BCUT2D eigenvalue weighted by Gasteiger charge is 2.26. The van der Waals surface area contributed by atoms with E-state index < -0.39 is 0 Å². The average molecular weight is 244 g/mol. The van der Waals surface area contributed by atoms with E-state index in [-0.39, 0.29) is 0 Å². The van der Waals surface area contributed by atoms with E-state index in [1.807, 2.05) is 0 Å². The van der Waals surface area contributed by atoms with Crippen LogP contribution in [0.1, 0.15) is 48.4 Å². The van der Waals surface area contributed by atoms with Crippen molar-refractivity contribution in [2.24, 2.45) is 0 Å². The summed E-state index contributed by atoms with van der Waals surface area (Å²) in [7, 11) is 0. The van der Waals surface area contributed by atoms with Crippen LogP contribution < -0.4 is 5.32 Å². The molecule has 0 aromatic heterocycles. The molecule has 0 radical (unpaired) electrons. The lowest BCUT2D eigenvalue weighted by atomic mass is 9.93. The Bertz CT molecular complexity index is 406. The van der Waals surface area contributed by atoms with Crippen molar-refractivity contribution in [3.63, 3.8) is 0 Å². The standard InChI is InChI=1S/C16H24N2/c1-13-6-7-14-11-17-12-16(15(14)10-13)18-8-4-2-3-5-9-18/h6-7,10,16-17H,2-5,8-9,11-12H2,1H3/t16-/m1/s1. The van der Waals surface area contributed by atoms with Crippen molar-refractivity contribution < 1.29 is 0 Å². The van der Waals surface area contributed by atoms with Gasteiger partial charge < -0.3 is 5.32 Å². The lowest BCUT2D eigenvalue weighted by Crippen LogP contribution is -2.40. The van der Waals surface area contributed by atoms with Crippen molar-refractivity contribution in [2.75, 3.05) is 19.6 Å². The van der Waals surface area contributed by atoms with Crippen LogP contribution in [0.15, 0.2) is 18.2 Å². The first-order valence-electron chi connectivity index (χ1n) is 7.39. The van der Waals surface area contributed by atoms with Crippen molar-refractivity contribution in [1.29, 1.82) is 0 Å². The molecule has 98 valence electrons. The summed E-state index contributed by atoms with van der Waals surface area (Å²) in [5.74, 6) is 0. The molecule has 2 heterocycles. The molecule has 1 fully saturated rings. The summed E-state index contributed by atoms with van der Waals surface area (Å²) >= 11 is 0. The molecule has 1 atom stereocenters. The zero-order valence-corrected chi connectivity index (χ0v) is 11.4. The van der Waals surface area contributed by atoms with Crippen LogP contribution in [0.2, 0.25) is 0 Å². The number of nitrogens with zero attached hydrogens (tertiary/aromatic N) is 1. The molecule has 0 unspecified atom stereocenters. The average Bonchev–Trinajstić information content (AvgIpc) is 2.67. The van der Waals surface area contributed by atoms with Gasteiger partial charge in [0.1, 0.15) is 0 Å².